The number of benzene rings is 2. The highest BCUT2D eigenvalue weighted by Gasteiger charge is 2.44. The number of hydrogen-bond donors (Lipinski definition) is 3. The van der Waals surface area contributed by atoms with E-state index in [0.29, 0.717) is 25.9 Å². The highest BCUT2D eigenvalue weighted by atomic mass is 16.4. The predicted octanol–water partition coefficient (Wildman–Crippen LogP) is 2.18. The number of amides is 2. The van der Waals surface area contributed by atoms with E-state index in [4.69, 9.17) is 5.11 Å². The van der Waals surface area contributed by atoms with E-state index in [-0.39, 0.29) is 35.5 Å². The van der Waals surface area contributed by atoms with E-state index in [0.717, 1.165) is 24.2 Å². The maximum Gasteiger partial charge on any atom is 0.335 e. The number of para-hydroxylation sites is 1. The lowest BCUT2D eigenvalue weighted by atomic mass is 10.0. The lowest BCUT2D eigenvalue weighted by Gasteiger charge is -2.33. The topological polar surface area (TPSA) is 102 Å². The number of nitrogens with zero attached hydrogens (tertiary/aromatic N) is 2. The van der Waals surface area contributed by atoms with Crippen LogP contribution in [0.4, 0.5) is 5.69 Å². The summed E-state index contributed by atoms with van der Waals surface area (Å²) in [5.74, 6) is -0.960. The summed E-state index contributed by atoms with van der Waals surface area (Å²) < 4.78 is 0. The van der Waals surface area contributed by atoms with Crippen LogP contribution in [0.2, 0.25) is 0 Å². The molecule has 0 saturated carbocycles. The van der Waals surface area contributed by atoms with Crippen molar-refractivity contribution in [3.8, 4) is 0 Å². The number of hydrogen-bond acceptors (Lipinski definition) is 5. The molecule has 33 heavy (non-hydrogen) atoms. The summed E-state index contributed by atoms with van der Waals surface area (Å²) >= 11 is 0. The summed E-state index contributed by atoms with van der Waals surface area (Å²) in [5, 5.41) is 15.1. The molecule has 8 nitrogen and oxygen atoms in total. The lowest BCUT2D eigenvalue weighted by molar-refractivity contribution is -0.126. The molecule has 3 unspecified atom stereocenters. The summed E-state index contributed by atoms with van der Waals surface area (Å²) in [7, 11) is 2.04. The van der Waals surface area contributed by atoms with Crippen molar-refractivity contribution in [3.05, 3.63) is 65.7 Å². The van der Waals surface area contributed by atoms with Crippen molar-refractivity contribution < 1.29 is 19.5 Å². The molecule has 2 fully saturated rings. The largest absolute Gasteiger partial charge is 0.478 e. The van der Waals surface area contributed by atoms with E-state index in [1.54, 1.807) is 12.1 Å². The molecule has 0 spiro atoms. The molecule has 2 amide bonds. The Morgan fingerprint density at radius 1 is 1.12 bits per heavy atom. The van der Waals surface area contributed by atoms with Gasteiger partial charge in [0.05, 0.1) is 5.56 Å². The van der Waals surface area contributed by atoms with E-state index >= 15 is 0 Å². The molecule has 174 valence electrons. The fourth-order valence-electron chi connectivity index (χ4n) is 4.86. The molecule has 0 bridgehead atoms. The van der Waals surface area contributed by atoms with Gasteiger partial charge in [-0.3, -0.25) is 19.4 Å². The molecular weight excluding hydrogens is 420 g/mol. The van der Waals surface area contributed by atoms with Crippen LogP contribution in [0.1, 0.15) is 35.2 Å². The number of rotatable bonds is 7. The Labute approximate surface area is 193 Å². The quantitative estimate of drug-likeness (QED) is 0.598. The number of fused-ring (bicyclic) bond motifs is 1. The highest BCUT2D eigenvalue weighted by molar-refractivity contribution is 5.90. The Hall–Kier alpha value is -3.23. The molecule has 3 N–H and O–H groups in total. The van der Waals surface area contributed by atoms with Gasteiger partial charge < -0.3 is 15.7 Å². The fourth-order valence-corrected chi connectivity index (χ4v) is 4.86. The second-order valence-corrected chi connectivity index (χ2v) is 8.79. The zero-order valence-electron chi connectivity index (χ0n) is 18.7. The smallest absolute Gasteiger partial charge is 0.335 e. The van der Waals surface area contributed by atoms with Gasteiger partial charge in [-0.05, 0) is 49.7 Å². The van der Waals surface area contributed by atoms with Gasteiger partial charge in [-0.2, -0.15) is 0 Å². The number of aromatic carboxylic acids is 1. The number of carbonyl (C=O) groups is 3. The number of carboxylic acids is 1. The summed E-state index contributed by atoms with van der Waals surface area (Å²) in [5.41, 5.74) is 2.02. The van der Waals surface area contributed by atoms with Crippen molar-refractivity contribution in [2.24, 2.45) is 0 Å². The van der Waals surface area contributed by atoms with Crippen LogP contribution >= 0.6 is 0 Å². The average molecular weight is 451 g/mol. The van der Waals surface area contributed by atoms with E-state index in [1.807, 2.05) is 49.5 Å². The minimum atomic E-state index is -0.948. The van der Waals surface area contributed by atoms with Crippen molar-refractivity contribution in [1.29, 1.82) is 0 Å². The first-order valence-corrected chi connectivity index (χ1v) is 11.3. The van der Waals surface area contributed by atoms with Crippen molar-refractivity contribution in [3.63, 3.8) is 0 Å². The number of nitrogens with one attached hydrogen (secondary N) is 2. The number of anilines is 1. The van der Waals surface area contributed by atoms with Crippen LogP contribution in [0.3, 0.4) is 0 Å². The normalized spacial score (nSPS) is 23.4. The Morgan fingerprint density at radius 3 is 2.55 bits per heavy atom. The predicted molar refractivity (Wildman–Crippen MR) is 125 cm³/mol. The van der Waals surface area contributed by atoms with E-state index in [9.17, 15) is 14.4 Å². The molecule has 2 aliphatic heterocycles. The molecule has 2 saturated heterocycles. The molecule has 2 heterocycles. The molecule has 2 aromatic carbocycles. The van der Waals surface area contributed by atoms with Crippen LogP contribution in [-0.2, 0) is 16.1 Å². The minimum absolute atomic E-state index is 0.0164. The first-order chi connectivity index (χ1) is 15.9. The third-order valence-corrected chi connectivity index (χ3v) is 6.70. The first kappa shape index (κ1) is 22.9. The number of likely N-dealkylation sites (tertiary alicyclic amines) is 1. The fraction of sp³-hybridized carbons (Fsp3) is 0.400. The molecular formula is C25H30N4O4. The Morgan fingerprint density at radius 2 is 1.85 bits per heavy atom. The van der Waals surface area contributed by atoms with Crippen LogP contribution < -0.4 is 10.6 Å². The summed E-state index contributed by atoms with van der Waals surface area (Å²) in [6, 6.07) is 16.1. The summed E-state index contributed by atoms with van der Waals surface area (Å²) in [6.45, 7) is 1.89. The van der Waals surface area contributed by atoms with Gasteiger partial charge in [-0.25, -0.2) is 4.79 Å². The Bertz CT molecular complexity index is 995. The van der Waals surface area contributed by atoms with E-state index in [2.05, 4.69) is 20.4 Å². The monoisotopic (exact) mass is 450 g/mol. The molecule has 0 aliphatic carbocycles. The van der Waals surface area contributed by atoms with Gasteiger partial charge in [-0.1, -0.05) is 30.3 Å². The zero-order valence-corrected chi connectivity index (χ0v) is 18.7. The van der Waals surface area contributed by atoms with Crippen LogP contribution in [-0.4, -0.2) is 71.0 Å². The van der Waals surface area contributed by atoms with E-state index in [1.165, 1.54) is 0 Å². The second kappa shape index (κ2) is 10.1. The standard InChI is InChI=1S/C25H30N4O4/c1-28-20(11-12-22(30)27-19-5-3-2-4-6-19)15-26-24(31)23-21(28)13-14-29(23)16-17-7-9-18(10-8-17)25(32)33/h2-10,20-21,23H,11-16H2,1H3,(H,26,31)(H,27,30)(H,32,33). The highest BCUT2D eigenvalue weighted by Crippen LogP contribution is 2.28. The molecule has 3 atom stereocenters. The number of likely N-dealkylation sites (N-methyl/N-ethyl adjacent to an activating group) is 1. The molecule has 0 radical (unpaired) electrons. The molecule has 4 rings (SSSR count). The minimum Gasteiger partial charge on any atom is -0.478 e. The van der Waals surface area contributed by atoms with Crippen LogP contribution in [0.15, 0.2) is 54.6 Å². The third-order valence-electron chi connectivity index (χ3n) is 6.70. The first-order valence-electron chi connectivity index (χ1n) is 11.3. The zero-order chi connectivity index (χ0) is 23.4. The van der Waals surface area contributed by atoms with Crippen molar-refractivity contribution in [2.45, 2.75) is 43.9 Å². The van der Waals surface area contributed by atoms with Gasteiger partial charge in [-0.15, -0.1) is 0 Å². The summed E-state index contributed by atoms with van der Waals surface area (Å²) in [6.07, 6.45) is 1.92. The molecule has 8 heteroatoms. The number of carboxylic acid groups (broad SMARTS) is 1. The molecule has 0 aromatic heterocycles. The van der Waals surface area contributed by atoms with Crippen LogP contribution in [0.5, 0.6) is 0 Å². The Kier molecular flexibility index (Phi) is 7.05. The third kappa shape index (κ3) is 5.40. The SMILES string of the molecule is CN1C(CCC(=O)Nc2ccccc2)CNC(=O)C2C1CCN2Cc1ccc(C(=O)O)cc1. The van der Waals surface area contributed by atoms with Crippen molar-refractivity contribution in [2.75, 3.05) is 25.5 Å². The van der Waals surface area contributed by atoms with Gasteiger partial charge in [0.15, 0.2) is 0 Å². The maximum absolute atomic E-state index is 13.0. The van der Waals surface area contributed by atoms with Crippen molar-refractivity contribution >= 4 is 23.5 Å². The van der Waals surface area contributed by atoms with Crippen molar-refractivity contribution in [1.82, 2.24) is 15.1 Å². The van der Waals surface area contributed by atoms with Crippen LogP contribution in [0.25, 0.3) is 0 Å². The van der Waals surface area contributed by atoms with Crippen LogP contribution in [0, 0.1) is 0 Å². The Balaban J connectivity index is 1.36. The van der Waals surface area contributed by atoms with Gasteiger partial charge in [0.2, 0.25) is 11.8 Å². The van der Waals surface area contributed by atoms with Gasteiger partial charge in [0.1, 0.15) is 6.04 Å². The van der Waals surface area contributed by atoms with Gasteiger partial charge in [0, 0.05) is 43.8 Å². The molecule has 2 aliphatic rings. The number of carbonyl (C=O) groups excluding carboxylic acids is 2. The average Bonchev–Trinajstić information content (AvgIpc) is 3.18. The molecule has 2 aromatic rings. The van der Waals surface area contributed by atoms with E-state index < -0.39 is 5.97 Å². The second-order valence-electron chi connectivity index (χ2n) is 8.79. The summed E-state index contributed by atoms with van der Waals surface area (Å²) in [4.78, 5) is 40.9. The lowest BCUT2D eigenvalue weighted by Crippen LogP contribution is -2.49. The van der Waals surface area contributed by atoms with Gasteiger partial charge in [0.25, 0.3) is 0 Å². The van der Waals surface area contributed by atoms with Gasteiger partial charge >= 0.3 is 5.97 Å². The maximum atomic E-state index is 13.0.